The van der Waals surface area contributed by atoms with Gasteiger partial charge in [0.05, 0.1) is 0 Å². The van der Waals surface area contributed by atoms with Gasteiger partial charge in [-0.1, -0.05) is 101 Å². The zero-order valence-corrected chi connectivity index (χ0v) is 26.6. The molecule has 1 saturated heterocycles. The lowest BCUT2D eigenvalue weighted by Gasteiger charge is -2.33. The smallest absolute Gasteiger partial charge is 0.126 e. The number of hydrogen-bond acceptors (Lipinski definition) is 2. The van der Waals surface area contributed by atoms with E-state index in [9.17, 15) is 4.39 Å². The van der Waals surface area contributed by atoms with Crippen LogP contribution < -0.4 is 10.6 Å². The van der Waals surface area contributed by atoms with Crippen LogP contribution in [0.2, 0.25) is 0 Å². The number of rotatable bonds is 16. The molecule has 1 aliphatic heterocycles. The summed E-state index contributed by atoms with van der Waals surface area (Å²) < 4.78 is 13.8. The van der Waals surface area contributed by atoms with Crippen molar-refractivity contribution >= 4 is 0 Å². The fourth-order valence-corrected chi connectivity index (χ4v) is 6.22. The molecule has 0 radical (unpaired) electrons. The molecule has 42 heavy (non-hydrogen) atoms. The van der Waals surface area contributed by atoms with Crippen molar-refractivity contribution in [2.24, 2.45) is 5.92 Å². The van der Waals surface area contributed by atoms with E-state index in [0.29, 0.717) is 11.8 Å². The van der Waals surface area contributed by atoms with Gasteiger partial charge in [-0.3, -0.25) is 0 Å². The van der Waals surface area contributed by atoms with Gasteiger partial charge in [-0.25, -0.2) is 4.39 Å². The Balaban J connectivity index is 0.00000237. The largest absolute Gasteiger partial charge is 0.388 e. The summed E-state index contributed by atoms with van der Waals surface area (Å²) in [5.74, 6) is 1.27. The minimum Gasteiger partial charge on any atom is -0.388 e. The number of allylic oxidation sites excluding steroid dienone is 1. The van der Waals surface area contributed by atoms with Gasteiger partial charge in [-0.15, -0.1) is 0 Å². The summed E-state index contributed by atoms with van der Waals surface area (Å²) >= 11 is 0. The Labute approximate surface area is 256 Å². The molecule has 0 aromatic heterocycles. The molecule has 4 rings (SSSR count). The fourth-order valence-electron chi connectivity index (χ4n) is 6.22. The molecule has 2 unspecified atom stereocenters. The first-order valence-electron chi connectivity index (χ1n) is 16.7. The van der Waals surface area contributed by atoms with E-state index >= 15 is 0 Å². The molecular weight excluding hydrogens is 515 g/mol. The first-order valence-corrected chi connectivity index (χ1v) is 16.7. The SMILES string of the molecule is C=C(CC)NCCc1ccccc1CCCC1CNCCC1c1ccc(CCCCCc2ccccc2F)cc1.CC. The Morgan fingerprint density at radius 3 is 2.17 bits per heavy atom. The summed E-state index contributed by atoms with van der Waals surface area (Å²) in [6.07, 6.45) is 12.2. The second-order valence-corrected chi connectivity index (χ2v) is 11.5. The van der Waals surface area contributed by atoms with E-state index in [4.69, 9.17) is 0 Å². The van der Waals surface area contributed by atoms with E-state index in [2.05, 4.69) is 72.7 Å². The number of halogens is 1. The second-order valence-electron chi connectivity index (χ2n) is 11.5. The molecule has 2 atom stereocenters. The van der Waals surface area contributed by atoms with E-state index in [-0.39, 0.29) is 5.82 Å². The first kappa shape index (κ1) is 33.6. The summed E-state index contributed by atoms with van der Waals surface area (Å²) in [5.41, 5.74) is 7.88. The molecule has 2 nitrogen and oxygen atoms in total. The molecule has 0 saturated carbocycles. The number of hydrogen-bond donors (Lipinski definition) is 2. The highest BCUT2D eigenvalue weighted by Gasteiger charge is 2.26. The summed E-state index contributed by atoms with van der Waals surface area (Å²) in [6.45, 7) is 13.4. The Morgan fingerprint density at radius 2 is 1.45 bits per heavy atom. The van der Waals surface area contributed by atoms with E-state index in [1.807, 2.05) is 26.0 Å². The number of piperidine rings is 1. The van der Waals surface area contributed by atoms with Crippen LogP contribution in [-0.4, -0.2) is 19.6 Å². The van der Waals surface area contributed by atoms with E-state index in [0.717, 1.165) is 82.3 Å². The molecule has 1 heterocycles. The van der Waals surface area contributed by atoms with Crippen molar-refractivity contribution in [3.8, 4) is 0 Å². The van der Waals surface area contributed by atoms with Crippen LogP contribution in [0.4, 0.5) is 4.39 Å². The summed E-state index contributed by atoms with van der Waals surface area (Å²) in [6, 6.07) is 25.6. The summed E-state index contributed by atoms with van der Waals surface area (Å²) in [7, 11) is 0. The maximum atomic E-state index is 13.8. The van der Waals surface area contributed by atoms with Gasteiger partial charge in [0.2, 0.25) is 0 Å². The molecule has 0 bridgehead atoms. The number of benzene rings is 3. The minimum absolute atomic E-state index is 0.0682. The van der Waals surface area contributed by atoms with Gasteiger partial charge < -0.3 is 10.6 Å². The summed E-state index contributed by atoms with van der Waals surface area (Å²) in [5, 5.41) is 7.12. The highest BCUT2D eigenvalue weighted by Crippen LogP contribution is 2.34. The monoisotopic (exact) mass is 570 g/mol. The second kappa shape index (κ2) is 19.3. The van der Waals surface area contributed by atoms with Gasteiger partial charge in [0.1, 0.15) is 5.82 Å². The highest BCUT2D eigenvalue weighted by molar-refractivity contribution is 5.29. The van der Waals surface area contributed by atoms with Crippen LogP contribution in [0.25, 0.3) is 0 Å². The van der Waals surface area contributed by atoms with Crippen molar-refractivity contribution < 1.29 is 4.39 Å². The normalized spacial score (nSPS) is 16.4. The van der Waals surface area contributed by atoms with Crippen LogP contribution in [0, 0.1) is 11.7 Å². The van der Waals surface area contributed by atoms with Crippen molar-refractivity contribution in [3.05, 3.63) is 119 Å². The third-order valence-electron chi connectivity index (χ3n) is 8.72. The van der Waals surface area contributed by atoms with Crippen LogP contribution in [0.15, 0.2) is 85.1 Å². The van der Waals surface area contributed by atoms with Crippen LogP contribution in [0.5, 0.6) is 0 Å². The molecule has 2 N–H and O–H groups in total. The van der Waals surface area contributed by atoms with Gasteiger partial charge in [-0.2, -0.15) is 0 Å². The molecule has 3 heteroatoms. The van der Waals surface area contributed by atoms with Crippen LogP contribution >= 0.6 is 0 Å². The zero-order chi connectivity index (χ0) is 30.0. The van der Waals surface area contributed by atoms with Gasteiger partial charge in [0.15, 0.2) is 0 Å². The quantitative estimate of drug-likeness (QED) is 0.168. The highest BCUT2D eigenvalue weighted by atomic mass is 19.1. The average molecular weight is 571 g/mol. The van der Waals surface area contributed by atoms with E-state index in [1.54, 1.807) is 12.1 Å². The number of unbranched alkanes of at least 4 members (excludes halogenated alkanes) is 2. The van der Waals surface area contributed by atoms with E-state index in [1.165, 1.54) is 41.5 Å². The number of aryl methyl sites for hydroxylation is 3. The van der Waals surface area contributed by atoms with Gasteiger partial charge >= 0.3 is 0 Å². The van der Waals surface area contributed by atoms with Crippen molar-refractivity contribution in [1.29, 1.82) is 0 Å². The average Bonchev–Trinajstić information content (AvgIpc) is 3.04. The van der Waals surface area contributed by atoms with Gasteiger partial charge in [0, 0.05) is 12.2 Å². The zero-order valence-electron chi connectivity index (χ0n) is 26.6. The third-order valence-corrected chi connectivity index (χ3v) is 8.72. The summed E-state index contributed by atoms with van der Waals surface area (Å²) in [4.78, 5) is 0. The molecule has 3 aromatic rings. The van der Waals surface area contributed by atoms with Crippen molar-refractivity contribution in [1.82, 2.24) is 10.6 Å². The van der Waals surface area contributed by atoms with Crippen LogP contribution in [0.1, 0.15) is 99.5 Å². The maximum Gasteiger partial charge on any atom is 0.126 e. The molecule has 0 aliphatic carbocycles. The predicted molar refractivity (Wildman–Crippen MR) is 180 cm³/mol. The van der Waals surface area contributed by atoms with Crippen molar-refractivity contribution in [3.63, 3.8) is 0 Å². The minimum atomic E-state index is -0.0682. The number of nitrogens with one attached hydrogen (secondary N) is 2. The molecule has 3 aromatic carbocycles. The standard InChI is InChI=1S/C37H49FN2.C2H6/c1-3-29(2)40-27-24-32-14-8-7-13-31(32)17-11-18-35-28-39-26-25-36(35)33-22-20-30(21-23-33)12-5-4-6-15-34-16-9-10-19-37(34)38;1-2/h7-10,13-14,16,19-23,35-36,39-40H,2-6,11-12,15,17-18,24-28H2,1H3;1-2H3. The Kier molecular flexibility index (Phi) is 15.4. The maximum absolute atomic E-state index is 13.8. The predicted octanol–water partition coefficient (Wildman–Crippen LogP) is 9.58. The van der Waals surface area contributed by atoms with Gasteiger partial charge in [-0.05, 0) is 123 Å². The topological polar surface area (TPSA) is 24.1 Å². The molecule has 0 spiro atoms. The lowest BCUT2D eigenvalue weighted by atomic mass is 9.78. The lowest BCUT2D eigenvalue weighted by molar-refractivity contribution is 0.303. The van der Waals surface area contributed by atoms with Crippen molar-refractivity contribution in [2.45, 2.75) is 97.3 Å². The Morgan fingerprint density at radius 1 is 0.810 bits per heavy atom. The molecule has 0 amide bonds. The molecule has 228 valence electrons. The Hall–Kier alpha value is -2.91. The first-order chi connectivity index (χ1) is 20.6. The van der Waals surface area contributed by atoms with E-state index < -0.39 is 0 Å². The van der Waals surface area contributed by atoms with Gasteiger partial charge in [0.25, 0.3) is 0 Å². The lowest BCUT2D eigenvalue weighted by Crippen LogP contribution is -2.35. The molecular formula is C39H55FN2. The van der Waals surface area contributed by atoms with Crippen molar-refractivity contribution in [2.75, 3.05) is 19.6 Å². The molecule has 1 aliphatic rings. The third kappa shape index (κ3) is 11.1. The molecule has 1 fully saturated rings. The Bertz CT molecular complexity index is 1170. The van der Waals surface area contributed by atoms with Crippen LogP contribution in [0.3, 0.4) is 0 Å². The fraction of sp³-hybridized carbons (Fsp3) is 0.487. The van der Waals surface area contributed by atoms with Crippen LogP contribution in [-0.2, 0) is 25.7 Å².